The predicted octanol–water partition coefficient (Wildman–Crippen LogP) is 9.94. The molecule has 1 aliphatic heterocycles. The van der Waals surface area contributed by atoms with Crippen LogP contribution in [0, 0.1) is 23.7 Å². The van der Waals surface area contributed by atoms with Crippen LogP contribution in [0.25, 0.3) is 55.0 Å². The second-order valence-electron chi connectivity index (χ2n) is 13.8. The SMILES string of the molecule is c1ccc2c(c1)-n1c3ccc(-n4c5ccccc5c5ccccc54)cc3c3cccc(c31)C21C2CC3CC(C2)CC1C3. The minimum absolute atomic E-state index is 0.156. The highest BCUT2D eigenvalue weighted by atomic mass is 15.0. The van der Waals surface area contributed by atoms with Crippen molar-refractivity contribution in [1.29, 1.82) is 0 Å². The Morgan fingerprint density at radius 1 is 0.476 bits per heavy atom. The van der Waals surface area contributed by atoms with Crippen molar-refractivity contribution >= 4 is 43.6 Å². The molecule has 2 heteroatoms. The molecule has 2 nitrogen and oxygen atoms in total. The van der Waals surface area contributed by atoms with Crippen molar-refractivity contribution in [2.45, 2.75) is 37.5 Å². The molecule has 7 aromatic rings. The second kappa shape index (κ2) is 7.55. The van der Waals surface area contributed by atoms with Gasteiger partial charge in [0.2, 0.25) is 0 Å². The van der Waals surface area contributed by atoms with Crippen molar-refractivity contribution in [3.63, 3.8) is 0 Å². The number of aromatic nitrogens is 2. The Kier molecular flexibility index (Phi) is 4.01. The van der Waals surface area contributed by atoms with E-state index in [9.17, 15) is 0 Å². The van der Waals surface area contributed by atoms with E-state index in [1.165, 1.54) is 87.1 Å². The van der Waals surface area contributed by atoms with Crippen molar-refractivity contribution in [3.8, 4) is 11.4 Å². The van der Waals surface area contributed by atoms with Gasteiger partial charge in [0.15, 0.2) is 0 Å². The van der Waals surface area contributed by atoms with Gasteiger partial charge in [0.25, 0.3) is 0 Å². The molecule has 2 aromatic heterocycles. The minimum Gasteiger partial charge on any atom is -0.309 e. The molecule has 0 radical (unpaired) electrons. The average molecular weight is 541 g/mol. The number of fused-ring (bicyclic) bond motifs is 8. The van der Waals surface area contributed by atoms with E-state index in [0.717, 1.165) is 23.7 Å². The van der Waals surface area contributed by atoms with Crippen molar-refractivity contribution < 1.29 is 0 Å². The van der Waals surface area contributed by atoms with Gasteiger partial charge in [-0.1, -0.05) is 72.8 Å². The molecule has 12 rings (SSSR count). The Balaban J connectivity index is 1.24. The van der Waals surface area contributed by atoms with Crippen LogP contribution < -0.4 is 0 Å². The van der Waals surface area contributed by atoms with Gasteiger partial charge in [0, 0.05) is 32.6 Å². The van der Waals surface area contributed by atoms with E-state index in [-0.39, 0.29) is 5.41 Å². The van der Waals surface area contributed by atoms with Crippen LogP contribution in [0.5, 0.6) is 0 Å². The smallest absolute Gasteiger partial charge is 0.0582 e. The molecule has 42 heavy (non-hydrogen) atoms. The largest absolute Gasteiger partial charge is 0.309 e. The lowest BCUT2D eigenvalue weighted by Gasteiger charge is -2.63. The molecule has 0 amide bonds. The first-order valence-corrected chi connectivity index (χ1v) is 16.0. The normalized spacial score (nSPS) is 27.1. The molecule has 5 aliphatic rings. The summed E-state index contributed by atoms with van der Waals surface area (Å²) in [5, 5.41) is 5.40. The van der Waals surface area contributed by atoms with Gasteiger partial charge in [-0.15, -0.1) is 0 Å². The molecule has 0 atom stereocenters. The molecule has 0 N–H and O–H groups in total. The highest BCUT2D eigenvalue weighted by Crippen LogP contribution is 2.67. The summed E-state index contributed by atoms with van der Waals surface area (Å²) in [5.74, 6) is 3.43. The van der Waals surface area contributed by atoms with E-state index in [2.05, 4.69) is 118 Å². The quantitative estimate of drug-likeness (QED) is 0.196. The van der Waals surface area contributed by atoms with E-state index in [0.29, 0.717) is 0 Å². The summed E-state index contributed by atoms with van der Waals surface area (Å²) < 4.78 is 5.09. The third-order valence-electron chi connectivity index (χ3n) is 12.1. The summed E-state index contributed by atoms with van der Waals surface area (Å²) in [4.78, 5) is 0. The highest BCUT2D eigenvalue weighted by Gasteiger charge is 2.60. The Bertz CT molecular complexity index is 2200. The van der Waals surface area contributed by atoms with Crippen LogP contribution in [0.4, 0.5) is 0 Å². The van der Waals surface area contributed by atoms with E-state index >= 15 is 0 Å². The zero-order valence-electron chi connectivity index (χ0n) is 23.6. The Hall–Kier alpha value is -4.30. The van der Waals surface area contributed by atoms with E-state index < -0.39 is 0 Å². The van der Waals surface area contributed by atoms with Crippen LogP contribution in [0.1, 0.15) is 43.2 Å². The Labute approximate surface area is 245 Å². The van der Waals surface area contributed by atoms with Crippen LogP contribution in [0.2, 0.25) is 0 Å². The standard InChI is InChI=1S/C40H32N2/c1-4-13-35-29(8-1)30-9-2-5-14-36(30)41(35)28-16-17-37-32(23-28)31-10-7-12-34-39(31)42(37)38-15-6-3-11-33(38)40(34)26-19-24-18-25(21-26)22-27(40)20-24/h1-17,23-27H,18-22H2. The van der Waals surface area contributed by atoms with E-state index in [1.807, 2.05) is 0 Å². The van der Waals surface area contributed by atoms with Gasteiger partial charge in [0.1, 0.15) is 0 Å². The number of rotatable bonds is 1. The first-order valence-electron chi connectivity index (χ1n) is 16.0. The van der Waals surface area contributed by atoms with Crippen LogP contribution in [-0.4, -0.2) is 9.13 Å². The maximum atomic E-state index is 2.63. The summed E-state index contributed by atoms with van der Waals surface area (Å²) >= 11 is 0. The third-order valence-corrected chi connectivity index (χ3v) is 12.1. The number of hydrogen-bond acceptors (Lipinski definition) is 0. The maximum Gasteiger partial charge on any atom is 0.0582 e. The fraction of sp³-hybridized carbons (Fsp3) is 0.250. The molecule has 5 aromatic carbocycles. The molecule has 3 heterocycles. The first kappa shape index (κ1) is 22.3. The fourth-order valence-electron chi connectivity index (χ4n) is 11.0. The molecule has 4 bridgehead atoms. The van der Waals surface area contributed by atoms with Gasteiger partial charge in [-0.05, 0) is 103 Å². The number of para-hydroxylation sites is 4. The Morgan fingerprint density at radius 2 is 1.07 bits per heavy atom. The van der Waals surface area contributed by atoms with Crippen LogP contribution in [-0.2, 0) is 5.41 Å². The van der Waals surface area contributed by atoms with Gasteiger partial charge >= 0.3 is 0 Å². The monoisotopic (exact) mass is 540 g/mol. The molecule has 202 valence electrons. The summed E-state index contributed by atoms with van der Waals surface area (Å²) in [6.45, 7) is 0. The summed E-state index contributed by atoms with van der Waals surface area (Å²) in [6.07, 6.45) is 7.14. The summed E-state index contributed by atoms with van der Waals surface area (Å²) in [6, 6.07) is 41.7. The van der Waals surface area contributed by atoms with Crippen molar-refractivity contribution in [2.75, 3.05) is 0 Å². The average Bonchev–Trinajstić information content (AvgIpc) is 3.54. The number of benzene rings is 5. The number of hydrogen-bond donors (Lipinski definition) is 0. The fourth-order valence-corrected chi connectivity index (χ4v) is 11.0. The topological polar surface area (TPSA) is 9.86 Å². The lowest BCUT2D eigenvalue weighted by atomic mass is 9.41. The van der Waals surface area contributed by atoms with Gasteiger partial charge in [-0.25, -0.2) is 0 Å². The third kappa shape index (κ3) is 2.48. The van der Waals surface area contributed by atoms with Crippen molar-refractivity contribution in [1.82, 2.24) is 9.13 Å². The second-order valence-corrected chi connectivity index (χ2v) is 13.8. The highest BCUT2D eigenvalue weighted by molar-refractivity contribution is 6.13. The predicted molar refractivity (Wildman–Crippen MR) is 173 cm³/mol. The van der Waals surface area contributed by atoms with Crippen LogP contribution in [0.3, 0.4) is 0 Å². The van der Waals surface area contributed by atoms with Crippen LogP contribution in [0.15, 0.2) is 109 Å². The van der Waals surface area contributed by atoms with Gasteiger partial charge in [0.05, 0.1) is 27.8 Å². The lowest BCUT2D eigenvalue weighted by molar-refractivity contribution is -0.0418. The molecular weight excluding hydrogens is 508 g/mol. The zero-order valence-corrected chi connectivity index (χ0v) is 23.6. The first-order chi connectivity index (χ1) is 20.8. The van der Waals surface area contributed by atoms with E-state index in [1.54, 1.807) is 11.1 Å². The van der Waals surface area contributed by atoms with Gasteiger partial charge in [-0.3, -0.25) is 0 Å². The van der Waals surface area contributed by atoms with Crippen LogP contribution >= 0.6 is 0 Å². The minimum atomic E-state index is 0.156. The molecule has 0 saturated heterocycles. The van der Waals surface area contributed by atoms with Crippen molar-refractivity contribution in [2.24, 2.45) is 23.7 Å². The molecule has 4 fully saturated rings. The van der Waals surface area contributed by atoms with E-state index in [4.69, 9.17) is 0 Å². The lowest BCUT2D eigenvalue weighted by Crippen LogP contribution is -2.57. The maximum absolute atomic E-state index is 2.63. The zero-order chi connectivity index (χ0) is 27.2. The number of nitrogens with zero attached hydrogens (tertiary/aromatic N) is 2. The summed E-state index contributed by atoms with van der Waals surface area (Å²) in [5.41, 5.74) is 11.4. The molecule has 1 spiro atoms. The summed E-state index contributed by atoms with van der Waals surface area (Å²) in [7, 11) is 0. The Morgan fingerprint density at radius 3 is 1.81 bits per heavy atom. The molecule has 4 aliphatic carbocycles. The molecular formula is C40H32N2. The van der Waals surface area contributed by atoms with Gasteiger partial charge in [-0.2, -0.15) is 0 Å². The van der Waals surface area contributed by atoms with Crippen molar-refractivity contribution in [3.05, 3.63) is 120 Å². The molecule has 4 saturated carbocycles. The molecule has 0 unspecified atom stereocenters. The van der Waals surface area contributed by atoms with Gasteiger partial charge < -0.3 is 9.13 Å².